The van der Waals surface area contributed by atoms with Gasteiger partial charge in [-0.25, -0.2) is 4.98 Å². The van der Waals surface area contributed by atoms with Crippen molar-refractivity contribution in [1.29, 1.82) is 0 Å². The topological polar surface area (TPSA) is 33.1 Å². The van der Waals surface area contributed by atoms with E-state index in [1.807, 2.05) is 19.3 Å². The highest BCUT2D eigenvalue weighted by Crippen LogP contribution is 2.35. The van der Waals surface area contributed by atoms with Crippen LogP contribution < -0.4 is 5.32 Å². The van der Waals surface area contributed by atoms with E-state index < -0.39 is 0 Å². The molecule has 0 aromatic carbocycles. The quantitative estimate of drug-likeness (QED) is 0.755. The summed E-state index contributed by atoms with van der Waals surface area (Å²) in [4.78, 5) is 6.61. The molecule has 1 saturated carbocycles. The molecule has 1 aromatic rings. The predicted molar refractivity (Wildman–Crippen MR) is 70.1 cm³/mol. The Balaban J connectivity index is 1.71. The molecule has 1 N–H and O–H groups in total. The van der Waals surface area contributed by atoms with Crippen LogP contribution in [0.25, 0.3) is 0 Å². The van der Waals surface area contributed by atoms with Crippen LogP contribution in [0.3, 0.4) is 0 Å². The summed E-state index contributed by atoms with van der Waals surface area (Å²) in [6.45, 7) is 5.18. The van der Waals surface area contributed by atoms with Crippen molar-refractivity contribution < 1.29 is 0 Å². The third kappa shape index (κ3) is 2.69. The SMILES string of the molecule is Cc1nccn1CCNCC1(N(C)C)CCC1. The molecular weight excluding hydrogens is 212 g/mol. The maximum Gasteiger partial charge on any atom is 0.105 e. The average molecular weight is 236 g/mol. The van der Waals surface area contributed by atoms with Gasteiger partial charge >= 0.3 is 0 Å². The summed E-state index contributed by atoms with van der Waals surface area (Å²) >= 11 is 0. The smallest absolute Gasteiger partial charge is 0.105 e. The summed E-state index contributed by atoms with van der Waals surface area (Å²) < 4.78 is 2.19. The maximum absolute atomic E-state index is 4.23. The second-order valence-corrected chi connectivity index (χ2v) is 5.32. The summed E-state index contributed by atoms with van der Waals surface area (Å²) in [6, 6.07) is 0. The lowest BCUT2D eigenvalue weighted by Crippen LogP contribution is -2.56. The summed E-state index contributed by atoms with van der Waals surface area (Å²) in [5, 5.41) is 3.58. The summed E-state index contributed by atoms with van der Waals surface area (Å²) in [5.74, 6) is 1.10. The fraction of sp³-hybridized carbons (Fsp3) is 0.769. The standard InChI is InChI=1S/C13H24N4/c1-12-15-8-10-17(12)9-7-14-11-13(16(2)3)5-4-6-13/h8,10,14H,4-7,9,11H2,1-3H3. The van der Waals surface area contributed by atoms with Crippen LogP contribution in [0.15, 0.2) is 12.4 Å². The van der Waals surface area contributed by atoms with Crippen molar-refractivity contribution in [3.63, 3.8) is 0 Å². The van der Waals surface area contributed by atoms with Gasteiger partial charge in [-0.05, 0) is 40.3 Å². The second-order valence-electron chi connectivity index (χ2n) is 5.32. The lowest BCUT2D eigenvalue weighted by atomic mass is 9.75. The van der Waals surface area contributed by atoms with Crippen molar-refractivity contribution in [3.05, 3.63) is 18.2 Å². The van der Waals surface area contributed by atoms with Gasteiger partial charge in [0.1, 0.15) is 5.82 Å². The Kier molecular flexibility index (Phi) is 3.84. The van der Waals surface area contributed by atoms with Gasteiger partial charge in [-0.3, -0.25) is 0 Å². The van der Waals surface area contributed by atoms with E-state index in [1.165, 1.54) is 19.3 Å². The van der Waals surface area contributed by atoms with Crippen molar-refractivity contribution >= 4 is 0 Å². The highest BCUT2D eigenvalue weighted by molar-refractivity contribution is 4.97. The molecule has 1 heterocycles. The van der Waals surface area contributed by atoms with Gasteiger partial charge in [-0.1, -0.05) is 0 Å². The molecule has 1 aliphatic rings. The van der Waals surface area contributed by atoms with Gasteiger partial charge in [0.2, 0.25) is 0 Å². The largest absolute Gasteiger partial charge is 0.334 e. The van der Waals surface area contributed by atoms with E-state index in [0.29, 0.717) is 5.54 Å². The van der Waals surface area contributed by atoms with Gasteiger partial charge in [0, 0.05) is 37.6 Å². The Labute approximate surface area is 104 Å². The van der Waals surface area contributed by atoms with Gasteiger partial charge in [0.15, 0.2) is 0 Å². The predicted octanol–water partition coefficient (Wildman–Crippen LogP) is 1.27. The molecule has 96 valence electrons. The number of nitrogens with zero attached hydrogens (tertiary/aromatic N) is 3. The zero-order chi connectivity index (χ0) is 12.3. The normalized spacial score (nSPS) is 18.4. The number of likely N-dealkylation sites (N-methyl/N-ethyl adjacent to an activating group) is 1. The second kappa shape index (κ2) is 5.19. The summed E-state index contributed by atoms with van der Waals surface area (Å²) in [7, 11) is 4.39. The van der Waals surface area contributed by atoms with E-state index >= 15 is 0 Å². The number of hydrogen-bond acceptors (Lipinski definition) is 3. The maximum atomic E-state index is 4.23. The minimum atomic E-state index is 0.421. The number of aryl methyl sites for hydroxylation is 1. The van der Waals surface area contributed by atoms with Crippen molar-refractivity contribution in [2.24, 2.45) is 0 Å². The van der Waals surface area contributed by atoms with Gasteiger partial charge in [-0.15, -0.1) is 0 Å². The number of imidazole rings is 1. The Morgan fingerprint density at radius 2 is 2.24 bits per heavy atom. The fourth-order valence-electron chi connectivity index (χ4n) is 2.53. The van der Waals surface area contributed by atoms with E-state index in [0.717, 1.165) is 25.5 Å². The Morgan fingerprint density at radius 1 is 1.47 bits per heavy atom. The van der Waals surface area contributed by atoms with Gasteiger partial charge in [0.25, 0.3) is 0 Å². The lowest BCUT2D eigenvalue weighted by Gasteiger charge is -2.47. The molecule has 0 saturated heterocycles. The molecule has 2 rings (SSSR count). The van der Waals surface area contributed by atoms with E-state index in [4.69, 9.17) is 0 Å². The highest BCUT2D eigenvalue weighted by Gasteiger charge is 2.38. The first-order chi connectivity index (χ1) is 8.14. The average Bonchev–Trinajstić information content (AvgIpc) is 2.61. The Bertz CT molecular complexity index is 352. The highest BCUT2D eigenvalue weighted by atomic mass is 15.2. The van der Waals surface area contributed by atoms with E-state index in [2.05, 4.69) is 33.9 Å². The van der Waals surface area contributed by atoms with Crippen LogP contribution in [-0.4, -0.2) is 47.2 Å². The van der Waals surface area contributed by atoms with E-state index in [-0.39, 0.29) is 0 Å². The van der Waals surface area contributed by atoms with Gasteiger partial charge < -0.3 is 14.8 Å². The zero-order valence-corrected chi connectivity index (χ0v) is 11.2. The molecule has 0 aliphatic heterocycles. The van der Waals surface area contributed by atoms with Crippen LogP contribution in [0, 0.1) is 6.92 Å². The summed E-state index contributed by atoms with van der Waals surface area (Å²) in [6.07, 6.45) is 7.94. The molecule has 1 aromatic heterocycles. The molecular formula is C13H24N4. The van der Waals surface area contributed by atoms with Crippen molar-refractivity contribution in [1.82, 2.24) is 19.8 Å². The monoisotopic (exact) mass is 236 g/mol. The minimum Gasteiger partial charge on any atom is -0.334 e. The Hall–Kier alpha value is -0.870. The van der Waals surface area contributed by atoms with Crippen molar-refractivity contribution in [3.8, 4) is 0 Å². The Morgan fingerprint density at radius 3 is 2.71 bits per heavy atom. The number of nitrogens with one attached hydrogen (secondary N) is 1. The van der Waals surface area contributed by atoms with Crippen LogP contribution in [0.2, 0.25) is 0 Å². The van der Waals surface area contributed by atoms with Crippen molar-refractivity contribution in [2.75, 3.05) is 27.2 Å². The number of hydrogen-bond donors (Lipinski definition) is 1. The minimum absolute atomic E-state index is 0.421. The first-order valence-corrected chi connectivity index (χ1v) is 6.50. The van der Waals surface area contributed by atoms with Gasteiger partial charge in [-0.2, -0.15) is 0 Å². The molecule has 0 spiro atoms. The van der Waals surface area contributed by atoms with E-state index in [1.54, 1.807) is 0 Å². The number of aromatic nitrogens is 2. The molecule has 1 fully saturated rings. The third-order valence-electron chi connectivity index (χ3n) is 4.14. The molecule has 4 heteroatoms. The zero-order valence-electron chi connectivity index (χ0n) is 11.2. The number of rotatable bonds is 6. The molecule has 1 aliphatic carbocycles. The first-order valence-electron chi connectivity index (χ1n) is 6.50. The van der Waals surface area contributed by atoms with Crippen LogP contribution in [0.1, 0.15) is 25.1 Å². The van der Waals surface area contributed by atoms with Crippen molar-refractivity contribution in [2.45, 2.75) is 38.3 Å². The fourth-order valence-corrected chi connectivity index (χ4v) is 2.53. The third-order valence-corrected chi connectivity index (χ3v) is 4.14. The molecule has 0 unspecified atom stereocenters. The molecule has 0 bridgehead atoms. The first kappa shape index (κ1) is 12.6. The van der Waals surface area contributed by atoms with Crippen LogP contribution in [-0.2, 0) is 6.54 Å². The molecule has 0 radical (unpaired) electrons. The summed E-state index contributed by atoms with van der Waals surface area (Å²) in [5.41, 5.74) is 0.421. The molecule has 0 amide bonds. The van der Waals surface area contributed by atoms with Crippen LogP contribution in [0.5, 0.6) is 0 Å². The molecule has 17 heavy (non-hydrogen) atoms. The van der Waals surface area contributed by atoms with Crippen LogP contribution in [0.4, 0.5) is 0 Å². The van der Waals surface area contributed by atoms with E-state index in [9.17, 15) is 0 Å². The molecule has 0 atom stereocenters. The molecule has 4 nitrogen and oxygen atoms in total. The van der Waals surface area contributed by atoms with Crippen LogP contribution >= 0.6 is 0 Å². The lowest BCUT2D eigenvalue weighted by molar-refractivity contribution is 0.0601. The van der Waals surface area contributed by atoms with Gasteiger partial charge in [0.05, 0.1) is 0 Å².